The molecule has 1 saturated carbocycles. The first-order valence-electron chi connectivity index (χ1n) is 7.53. The van der Waals surface area contributed by atoms with Crippen LogP contribution in [-0.2, 0) is 6.54 Å². The Hall–Kier alpha value is -1.00. The van der Waals surface area contributed by atoms with Gasteiger partial charge in [-0.05, 0) is 50.0 Å². The summed E-state index contributed by atoms with van der Waals surface area (Å²) in [6, 6.07) is 4.07. The molecule has 1 fully saturated rings. The smallest absolute Gasteiger partial charge is 0.127 e. The van der Waals surface area contributed by atoms with Gasteiger partial charge in [-0.1, -0.05) is 19.8 Å². The summed E-state index contributed by atoms with van der Waals surface area (Å²) in [5.41, 5.74) is 6.31. The summed E-state index contributed by atoms with van der Waals surface area (Å²) < 4.78 is 27.1. The van der Waals surface area contributed by atoms with Crippen LogP contribution in [0.5, 0.6) is 0 Å². The normalized spacial score (nSPS) is 23.2. The minimum Gasteiger partial charge on any atom is -0.330 e. The van der Waals surface area contributed by atoms with Gasteiger partial charge in [0.25, 0.3) is 0 Å². The largest absolute Gasteiger partial charge is 0.330 e. The first-order chi connectivity index (χ1) is 9.65. The SMILES string of the molecule is CCN(Cc1cc(F)ccc1F)C1CCCCC1CN. The number of benzene rings is 1. The van der Waals surface area contributed by atoms with Crippen LogP contribution in [0.3, 0.4) is 0 Å². The van der Waals surface area contributed by atoms with Crippen LogP contribution in [0.1, 0.15) is 38.2 Å². The quantitative estimate of drug-likeness (QED) is 0.898. The van der Waals surface area contributed by atoms with Gasteiger partial charge < -0.3 is 5.73 Å². The fraction of sp³-hybridized carbons (Fsp3) is 0.625. The van der Waals surface area contributed by atoms with Crippen LogP contribution in [0.4, 0.5) is 8.78 Å². The zero-order valence-corrected chi connectivity index (χ0v) is 12.1. The molecular formula is C16H24F2N2. The predicted octanol–water partition coefficient (Wildman–Crippen LogP) is 3.30. The van der Waals surface area contributed by atoms with Crippen molar-refractivity contribution in [3.05, 3.63) is 35.4 Å². The molecule has 2 nitrogen and oxygen atoms in total. The van der Waals surface area contributed by atoms with E-state index in [1.54, 1.807) is 0 Å². The van der Waals surface area contributed by atoms with E-state index < -0.39 is 0 Å². The molecule has 0 amide bonds. The zero-order chi connectivity index (χ0) is 14.5. The molecule has 20 heavy (non-hydrogen) atoms. The average molecular weight is 282 g/mol. The number of hydrogen-bond acceptors (Lipinski definition) is 2. The second-order valence-corrected chi connectivity index (χ2v) is 5.65. The first kappa shape index (κ1) is 15.4. The van der Waals surface area contributed by atoms with E-state index in [0.717, 1.165) is 19.4 Å². The van der Waals surface area contributed by atoms with E-state index in [2.05, 4.69) is 11.8 Å². The molecule has 0 radical (unpaired) electrons. The van der Waals surface area contributed by atoms with Crippen molar-refractivity contribution in [3.8, 4) is 0 Å². The Bertz CT molecular complexity index is 436. The van der Waals surface area contributed by atoms with Crippen molar-refractivity contribution in [1.29, 1.82) is 0 Å². The lowest BCUT2D eigenvalue weighted by Gasteiger charge is -2.39. The molecule has 2 unspecified atom stereocenters. The van der Waals surface area contributed by atoms with Crippen LogP contribution >= 0.6 is 0 Å². The van der Waals surface area contributed by atoms with E-state index >= 15 is 0 Å². The maximum absolute atomic E-state index is 13.8. The summed E-state index contributed by atoms with van der Waals surface area (Å²) >= 11 is 0. The summed E-state index contributed by atoms with van der Waals surface area (Å²) in [6.45, 7) is 4.03. The van der Waals surface area contributed by atoms with E-state index in [1.165, 1.54) is 31.0 Å². The monoisotopic (exact) mass is 282 g/mol. The van der Waals surface area contributed by atoms with E-state index in [0.29, 0.717) is 30.6 Å². The summed E-state index contributed by atoms with van der Waals surface area (Å²) in [7, 11) is 0. The van der Waals surface area contributed by atoms with Crippen LogP contribution in [0, 0.1) is 17.6 Å². The number of hydrogen-bond donors (Lipinski definition) is 1. The Morgan fingerprint density at radius 3 is 2.70 bits per heavy atom. The van der Waals surface area contributed by atoms with Crippen molar-refractivity contribution < 1.29 is 8.78 Å². The molecule has 1 aromatic carbocycles. The molecular weight excluding hydrogens is 258 g/mol. The molecule has 0 heterocycles. The minimum absolute atomic E-state index is 0.329. The molecule has 112 valence electrons. The third-order valence-corrected chi connectivity index (χ3v) is 4.43. The Kier molecular flexibility index (Phi) is 5.49. The number of nitrogens with zero attached hydrogens (tertiary/aromatic N) is 1. The molecule has 2 atom stereocenters. The van der Waals surface area contributed by atoms with Crippen LogP contribution in [0.25, 0.3) is 0 Å². The maximum Gasteiger partial charge on any atom is 0.127 e. The molecule has 0 aliphatic heterocycles. The van der Waals surface area contributed by atoms with Gasteiger partial charge in [0, 0.05) is 18.2 Å². The Balaban J connectivity index is 2.13. The molecule has 0 saturated heterocycles. The van der Waals surface area contributed by atoms with Crippen LogP contribution in [-0.4, -0.2) is 24.0 Å². The lowest BCUT2D eigenvalue weighted by atomic mass is 9.83. The highest BCUT2D eigenvalue weighted by molar-refractivity contribution is 5.18. The van der Waals surface area contributed by atoms with Crippen molar-refractivity contribution in [3.63, 3.8) is 0 Å². The summed E-state index contributed by atoms with van der Waals surface area (Å²) in [4.78, 5) is 2.24. The molecule has 0 aromatic heterocycles. The third kappa shape index (κ3) is 3.55. The van der Waals surface area contributed by atoms with Crippen LogP contribution in [0.15, 0.2) is 18.2 Å². The minimum atomic E-state index is -0.378. The second kappa shape index (κ2) is 7.14. The van der Waals surface area contributed by atoms with E-state index in [9.17, 15) is 8.78 Å². The lowest BCUT2D eigenvalue weighted by Crippen LogP contribution is -2.44. The van der Waals surface area contributed by atoms with Gasteiger partial charge in [0.15, 0.2) is 0 Å². The fourth-order valence-electron chi connectivity index (χ4n) is 3.29. The van der Waals surface area contributed by atoms with Crippen molar-refractivity contribution >= 4 is 0 Å². The van der Waals surface area contributed by atoms with Crippen molar-refractivity contribution in [2.75, 3.05) is 13.1 Å². The fourth-order valence-corrected chi connectivity index (χ4v) is 3.29. The molecule has 1 aliphatic carbocycles. The summed E-state index contributed by atoms with van der Waals surface area (Å²) in [5.74, 6) is -0.234. The van der Waals surface area contributed by atoms with Gasteiger partial charge in [0.1, 0.15) is 11.6 Å². The van der Waals surface area contributed by atoms with Crippen molar-refractivity contribution in [1.82, 2.24) is 4.90 Å². The van der Waals surface area contributed by atoms with Gasteiger partial charge in [-0.3, -0.25) is 4.90 Å². The first-order valence-corrected chi connectivity index (χ1v) is 7.53. The summed E-state index contributed by atoms with van der Waals surface area (Å²) in [6.07, 6.45) is 4.67. The number of rotatable bonds is 5. The average Bonchev–Trinajstić information content (AvgIpc) is 2.48. The maximum atomic E-state index is 13.8. The van der Waals surface area contributed by atoms with Gasteiger partial charge in [0.2, 0.25) is 0 Å². The molecule has 4 heteroatoms. The highest BCUT2D eigenvalue weighted by Crippen LogP contribution is 2.29. The number of nitrogens with two attached hydrogens (primary N) is 1. The topological polar surface area (TPSA) is 29.3 Å². The van der Waals surface area contributed by atoms with E-state index in [-0.39, 0.29) is 11.6 Å². The van der Waals surface area contributed by atoms with Gasteiger partial charge in [-0.15, -0.1) is 0 Å². The van der Waals surface area contributed by atoms with Gasteiger partial charge >= 0.3 is 0 Å². The predicted molar refractivity (Wildman–Crippen MR) is 77.2 cm³/mol. The van der Waals surface area contributed by atoms with Crippen LogP contribution in [0.2, 0.25) is 0 Å². The second-order valence-electron chi connectivity index (χ2n) is 5.65. The third-order valence-electron chi connectivity index (χ3n) is 4.43. The Morgan fingerprint density at radius 1 is 1.25 bits per heavy atom. The Labute approximate surface area is 120 Å². The van der Waals surface area contributed by atoms with Gasteiger partial charge in [-0.25, -0.2) is 8.78 Å². The van der Waals surface area contributed by atoms with Crippen molar-refractivity contribution in [2.24, 2.45) is 11.7 Å². The zero-order valence-electron chi connectivity index (χ0n) is 12.1. The van der Waals surface area contributed by atoms with Crippen LogP contribution < -0.4 is 5.73 Å². The molecule has 0 bridgehead atoms. The standard InChI is InChI=1S/C16H24F2N2/c1-2-20(16-6-4-3-5-12(16)10-19)11-13-9-14(17)7-8-15(13)18/h7-9,12,16H,2-6,10-11,19H2,1H3. The molecule has 0 spiro atoms. The molecule has 1 aromatic rings. The highest BCUT2D eigenvalue weighted by Gasteiger charge is 2.28. The summed E-state index contributed by atoms with van der Waals surface area (Å²) in [5, 5.41) is 0. The Morgan fingerprint density at radius 2 is 2.00 bits per heavy atom. The van der Waals surface area contributed by atoms with E-state index in [1.807, 2.05) is 0 Å². The van der Waals surface area contributed by atoms with Gasteiger partial charge in [-0.2, -0.15) is 0 Å². The molecule has 1 aliphatic rings. The molecule has 2 rings (SSSR count). The van der Waals surface area contributed by atoms with Crippen molar-refractivity contribution in [2.45, 2.75) is 45.2 Å². The lowest BCUT2D eigenvalue weighted by molar-refractivity contribution is 0.104. The van der Waals surface area contributed by atoms with Gasteiger partial charge in [0.05, 0.1) is 0 Å². The number of halogens is 2. The van der Waals surface area contributed by atoms with E-state index in [4.69, 9.17) is 5.73 Å². The molecule has 2 N–H and O–H groups in total. The highest BCUT2D eigenvalue weighted by atomic mass is 19.1.